The molecular formula is C21H17FO4S. The molecular weight excluding hydrogens is 367 g/mol. The Labute approximate surface area is 156 Å². The van der Waals surface area contributed by atoms with E-state index in [-0.39, 0.29) is 22.0 Å². The molecule has 0 fully saturated rings. The summed E-state index contributed by atoms with van der Waals surface area (Å²) in [6.45, 7) is 1.66. The molecule has 1 N–H and O–H groups in total. The van der Waals surface area contributed by atoms with Crippen molar-refractivity contribution >= 4 is 15.8 Å². The summed E-state index contributed by atoms with van der Waals surface area (Å²) in [5.74, 6) is -1.39. The second-order valence-corrected chi connectivity index (χ2v) is 8.16. The van der Waals surface area contributed by atoms with Gasteiger partial charge in [-0.2, -0.15) is 0 Å². The summed E-state index contributed by atoms with van der Waals surface area (Å²) in [7, 11) is -3.83. The van der Waals surface area contributed by atoms with E-state index < -0.39 is 15.8 Å². The zero-order valence-electron chi connectivity index (χ0n) is 14.5. The number of carboxylic acids is 1. The number of carbonyl (C=O) groups is 1. The molecule has 0 bridgehead atoms. The van der Waals surface area contributed by atoms with Crippen molar-refractivity contribution in [1.82, 2.24) is 0 Å². The summed E-state index contributed by atoms with van der Waals surface area (Å²) in [6, 6.07) is 16.9. The van der Waals surface area contributed by atoms with Gasteiger partial charge in [-0.05, 0) is 59.5 Å². The van der Waals surface area contributed by atoms with Gasteiger partial charge >= 0.3 is 5.97 Å². The first-order valence-corrected chi connectivity index (χ1v) is 9.68. The van der Waals surface area contributed by atoms with Crippen molar-refractivity contribution in [2.45, 2.75) is 23.1 Å². The fraction of sp³-hybridized carbons (Fsp3) is 0.0952. The van der Waals surface area contributed by atoms with Crippen molar-refractivity contribution in [2.24, 2.45) is 0 Å². The Hall–Kier alpha value is -2.99. The molecule has 0 aromatic heterocycles. The number of halogens is 1. The molecule has 0 aliphatic heterocycles. The predicted molar refractivity (Wildman–Crippen MR) is 99.8 cm³/mol. The lowest BCUT2D eigenvalue weighted by molar-refractivity contribution is -0.136. The smallest absolute Gasteiger partial charge is 0.307 e. The second kappa shape index (κ2) is 7.32. The minimum atomic E-state index is -3.83. The maximum Gasteiger partial charge on any atom is 0.307 e. The molecule has 3 rings (SSSR count). The third-order valence-electron chi connectivity index (χ3n) is 4.21. The van der Waals surface area contributed by atoms with Gasteiger partial charge < -0.3 is 5.11 Å². The van der Waals surface area contributed by atoms with Crippen LogP contribution in [-0.2, 0) is 21.1 Å². The second-order valence-electron chi connectivity index (χ2n) is 6.21. The highest BCUT2D eigenvalue weighted by atomic mass is 32.2. The summed E-state index contributed by atoms with van der Waals surface area (Å²) in [4.78, 5) is 11.0. The standard InChI is InChI=1S/C21H17FO4S/c1-14-8-9-17(13-20(14)22)16-5-3-7-19(12-16)27(25,26)18-6-2-4-15(10-18)11-21(23)24/h2-10,12-13H,11H2,1H3,(H,23,24). The van der Waals surface area contributed by atoms with Crippen molar-refractivity contribution in [3.63, 3.8) is 0 Å². The summed E-state index contributed by atoms with van der Waals surface area (Å²) in [6.07, 6.45) is -0.258. The van der Waals surface area contributed by atoms with Crippen molar-refractivity contribution in [1.29, 1.82) is 0 Å². The highest BCUT2D eigenvalue weighted by molar-refractivity contribution is 7.91. The molecule has 0 aliphatic rings. The molecule has 0 atom stereocenters. The van der Waals surface area contributed by atoms with Crippen LogP contribution in [-0.4, -0.2) is 19.5 Å². The van der Waals surface area contributed by atoms with E-state index in [9.17, 15) is 17.6 Å². The zero-order chi connectivity index (χ0) is 19.6. The molecule has 138 valence electrons. The first-order chi connectivity index (χ1) is 12.8. The van der Waals surface area contributed by atoms with E-state index in [4.69, 9.17) is 5.11 Å². The fourth-order valence-electron chi connectivity index (χ4n) is 2.75. The van der Waals surface area contributed by atoms with Crippen molar-refractivity contribution < 1.29 is 22.7 Å². The van der Waals surface area contributed by atoms with E-state index in [1.54, 1.807) is 37.3 Å². The molecule has 3 aromatic rings. The summed E-state index contributed by atoms with van der Waals surface area (Å²) in [5.41, 5.74) is 2.07. The summed E-state index contributed by atoms with van der Waals surface area (Å²) < 4.78 is 39.8. The summed E-state index contributed by atoms with van der Waals surface area (Å²) in [5, 5.41) is 8.90. The fourth-order valence-corrected chi connectivity index (χ4v) is 4.12. The van der Waals surface area contributed by atoms with E-state index in [1.165, 1.54) is 36.4 Å². The van der Waals surface area contributed by atoms with Gasteiger partial charge in [-0.1, -0.05) is 36.4 Å². The largest absolute Gasteiger partial charge is 0.481 e. The molecule has 0 saturated carbocycles. The van der Waals surface area contributed by atoms with Crippen LogP contribution in [0, 0.1) is 12.7 Å². The lowest BCUT2D eigenvalue weighted by Gasteiger charge is -2.09. The van der Waals surface area contributed by atoms with Crippen LogP contribution in [0.4, 0.5) is 4.39 Å². The van der Waals surface area contributed by atoms with Crippen LogP contribution >= 0.6 is 0 Å². The Balaban J connectivity index is 2.03. The van der Waals surface area contributed by atoms with Crippen molar-refractivity contribution in [3.8, 4) is 11.1 Å². The Morgan fingerprint density at radius 3 is 2.22 bits per heavy atom. The van der Waals surface area contributed by atoms with Crippen LogP contribution in [0.25, 0.3) is 11.1 Å². The monoisotopic (exact) mass is 384 g/mol. The van der Waals surface area contributed by atoms with Crippen molar-refractivity contribution in [3.05, 3.63) is 83.7 Å². The molecule has 0 saturated heterocycles. The highest BCUT2D eigenvalue weighted by Gasteiger charge is 2.19. The Kier molecular flexibility index (Phi) is 5.10. The van der Waals surface area contributed by atoms with Crippen LogP contribution < -0.4 is 0 Å². The normalized spacial score (nSPS) is 11.3. The van der Waals surface area contributed by atoms with E-state index >= 15 is 0 Å². The maximum absolute atomic E-state index is 13.8. The lowest BCUT2D eigenvalue weighted by atomic mass is 10.0. The number of sulfone groups is 1. The molecule has 0 amide bonds. The predicted octanol–water partition coefficient (Wildman–Crippen LogP) is 4.26. The topological polar surface area (TPSA) is 71.4 Å². The lowest BCUT2D eigenvalue weighted by Crippen LogP contribution is -2.05. The van der Waals surface area contributed by atoms with Gasteiger partial charge in [0.2, 0.25) is 9.84 Å². The zero-order valence-corrected chi connectivity index (χ0v) is 15.3. The van der Waals surface area contributed by atoms with Gasteiger partial charge in [0.25, 0.3) is 0 Å². The number of benzene rings is 3. The van der Waals surface area contributed by atoms with Gasteiger partial charge in [-0.25, -0.2) is 12.8 Å². The van der Waals surface area contributed by atoms with Gasteiger partial charge in [0, 0.05) is 0 Å². The van der Waals surface area contributed by atoms with Crippen LogP contribution in [0.15, 0.2) is 76.5 Å². The average Bonchev–Trinajstić information content (AvgIpc) is 2.64. The van der Waals surface area contributed by atoms with E-state index in [0.717, 1.165) is 0 Å². The van der Waals surface area contributed by atoms with Gasteiger partial charge in [0.05, 0.1) is 16.2 Å². The number of aryl methyl sites for hydroxylation is 1. The number of hydrogen-bond donors (Lipinski definition) is 1. The molecule has 0 unspecified atom stereocenters. The van der Waals surface area contributed by atoms with Gasteiger partial charge in [0.1, 0.15) is 5.82 Å². The molecule has 0 aliphatic carbocycles. The van der Waals surface area contributed by atoms with Crippen LogP contribution in [0.1, 0.15) is 11.1 Å². The number of rotatable bonds is 5. The minimum absolute atomic E-state index is 0.0217. The van der Waals surface area contributed by atoms with E-state index in [2.05, 4.69) is 0 Å². The van der Waals surface area contributed by atoms with Gasteiger partial charge in [-0.3, -0.25) is 4.79 Å². The van der Waals surface area contributed by atoms with E-state index in [1.807, 2.05) is 0 Å². The number of hydrogen-bond acceptors (Lipinski definition) is 3. The van der Waals surface area contributed by atoms with Crippen molar-refractivity contribution in [2.75, 3.05) is 0 Å². The molecule has 4 nitrogen and oxygen atoms in total. The summed E-state index contributed by atoms with van der Waals surface area (Å²) >= 11 is 0. The van der Waals surface area contributed by atoms with Gasteiger partial charge in [-0.15, -0.1) is 0 Å². The average molecular weight is 384 g/mol. The Bertz CT molecular complexity index is 1120. The first-order valence-electron chi connectivity index (χ1n) is 8.20. The first kappa shape index (κ1) is 18.8. The molecule has 3 aromatic carbocycles. The van der Waals surface area contributed by atoms with Crippen LogP contribution in [0.5, 0.6) is 0 Å². The quantitative estimate of drug-likeness (QED) is 0.713. The van der Waals surface area contributed by atoms with E-state index in [0.29, 0.717) is 22.3 Å². The maximum atomic E-state index is 13.8. The van der Waals surface area contributed by atoms with Crippen LogP contribution in [0.3, 0.4) is 0 Å². The SMILES string of the molecule is Cc1ccc(-c2cccc(S(=O)(=O)c3cccc(CC(=O)O)c3)c2)cc1F. The van der Waals surface area contributed by atoms with Crippen LogP contribution in [0.2, 0.25) is 0 Å². The molecule has 0 radical (unpaired) electrons. The third-order valence-corrected chi connectivity index (χ3v) is 5.96. The molecule has 27 heavy (non-hydrogen) atoms. The Morgan fingerprint density at radius 2 is 1.56 bits per heavy atom. The minimum Gasteiger partial charge on any atom is -0.481 e. The third kappa shape index (κ3) is 4.06. The number of aliphatic carboxylic acids is 1. The Morgan fingerprint density at radius 1 is 0.926 bits per heavy atom. The highest BCUT2D eigenvalue weighted by Crippen LogP contribution is 2.28. The number of carboxylic acid groups (broad SMARTS) is 1. The molecule has 6 heteroatoms. The molecule has 0 heterocycles. The molecule has 0 spiro atoms. The van der Waals surface area contributed by atoms with Gasteiger partial charge in [0.15, 0.2) is 0 Å².